The van der Waals surface area contributed by atoms with E-state index >= 15 is 0 Å². The van der Waals surface area contributed by atoms with Crippen molar-refractivity contribution in [2.45, 2.75) is 25.4 Å². The molecule has 6 nitrogen and oxygen atoms in total. The molecular formula is C18H22FN5OS. The van der Waals surface area contributed by atoms with E-state index in [2.05, 4.69) is 26.1 Å². The molecule has 4 rings (SSSR count). The summed E-state index contributed by atoms with van der Waals surface area (Å²) >= 11 is 1.63. The number of carbonyl (C=O) groups is 1. The molecule has 8 heteroatoms. The lowest BCUT2D eigenvalue weighted by Crippen LogP contribution is -2.34. The smallest absolute Gasteiger partial charge is 0.226 e. The van der Waals surface area contributed by atoms with Gasteiger partial charge in [0.2, 0.25) is 5.91 Å². The highest BCUT2D eigenvalue weighted by molar-refractivity contribution is 7.13. The van der Waals surface area contributed by atoms with Gasteiger partial charge in [-0.25, -0.2) is 14.8 Å². The highest BCUT2D eigenvalue weighted by atomic mass is 32.1. The summed E-state index contributed by atoms with van der Waals surface area (Å²) in [4.78, 5) is 19.6. The van der Waals surface area contributed by atoms with Gasteiger partial charge in [0.05, 0.1) is 24.2 Å². The normalized spacial score (nSPS) is 22.7. The van der Waals surface area contributed by atoms with Crippen molar-refractivity contribution in [1.29, 1.82) is 0 Å². The molecule has 2 aromatic rings. The summed E-state index contributed by atoms with van der Waals surface area (Å²) in [6.45, 7) is 3.04. The van der Waals surface area contributed by atoms with Gasteiger partial charge in [0.25, 0.3) is 0 Å². The van der Waals surface area contributed by atoms with Gasteiger partial charge in [0, 0.05) is 25.0 Å². The van der Waals surface area contributed by atoms with Crippen LogP contribution in [-0.2, 0) is 11.3 Å². The summed E-state index contributed by atoms with van der Waals surface area (Å²) in [7, 11) is 0. The number of amides is 1. The van der Waals surface area contributed by atoms with Crippen LogP contribution in [0.15, 0.2) is 29.6 Å². The predicted molar refractivity (Wildman–Crippen MR) is 99.2 cm³/mol. The van der Waals surface area contributed by atoms with Crippen molar-refractivity contribution in [3.05, 3.63) is 46.7 Å². The Labute approximate surface area is 155 Å². The Morgan fingerprint density at radius 2 is 2.23 bits per heavy atom. The third kappa shape index (κ3) is 3.72. The topological polar surface area (TPSA) is 69.3 Å². The fraction of sp³-hybridized carbons (Fsp3) is 0.444. The van der Waals surface area contributed by atoms with Gasteiger partial charge in [0.1, 0.15) is 5.82 Å². The number of hydrazine groups is 1. The number of nitrogens with one attached hydrogen (secondary N) is 3. The molecule has 0 radical (unpaired) electrons. The predicted octanol–water partition coefficient (Wildman–Crippen LogP) is 1.96. The molecule has 0 saturated carbocycles. The standard InChI is InChI=1S/C18H22FN5OS/c19-13-5-3-4-12(8-13)16-15(10-21-23-16)17(25)20-9-14-11-26-18(22-14)24-6-1-2-7-24/h3-5,8,11,15-16,21,23H,1-2,6-7,9-10H2,(H,20,25). The minimum Gasteiger partial charge on any atom is -0.350 e. The largest absolute Gasteiger partial charge is 0.350 e. The van der Waals surface area contributed by atoms with Crippen LogP contribution in [0.2, 0.25) is 0 Å². The summed E-state index contributed by atoms with van der Waals surface area (Å²) in [6.07, 6.45) is 2.43. The highest BCUT2D eigenvalue weighted by Crippen LogP contribution is 2.26. The van der Waals surface area contributed by atoms with Crippen molar-refractivity contribution in [1.82, 2.24) is 21.2 Å². The Balaban J connectivity index is 1.37. The van der Waals surface area contributed by atoms with Crippen LogP contribution in [0.3, 0.4) is 0 Å². The Kier molecular flexibility index (Phi) is 5.14. The highest BCUT2D eigenvalue weighted by Gasteiger charge is 2.34. The second-order valence-electron chi connectivity index (χ2n) is 6.70. The number of nitrogens with zero attached hydrogens (tertiary/aromatic N) is 2. The first-order valence-electron chi connectivity index (χ1n) is 8.91. The minimum atomic E-state index is -0.299. The quantitative estimate of drug-likeness (QED) is 0.745. The maximum Gasteiger partial charge on any atom is 0.226 e. The zero-order valence-electron chi connectivity index (χ0n) is 14.4. The van der Waals surface area contributed by atoms with Crippen LogP contribution >= 0.6 is 11.3 Å². The molecule has 3 heterocycles. The molecule has 26 heavy (non-hydrogen) atoms. The number of anilines is 1. The molecule has 2 unspecified atom stereocenters. The molecule has 2 saturated heterocycles. The van der Waals surface area contributed by atoms with Crippen molar-refractivity contribution in [2.75, 3.05) is 24.5 Å². The first kappa shape index (κ1) is 17.4. The Morgan fingerprint density at radius 1 is 1.38 bits per heavy atom. The summed E-state index contributed by atoms with van der Waals surface area (Å²) in [5.74, 6) is -0.659. The Bertz CT molecular complexity index is 776. The van der Waals surface area contributed by atoms with Crippen molar-refractivity contribution < 1.29 is 9.18 Å². The maximum atomic E-state index is 13.5. The van der Waals surface area contributed by atoms with E-state index in [0.29, 0.717) is 13.1 Å². The number of hydrogen-bond acceptors (Lipinski definition) is 6. The maximum absolute atomic E-state index is 13.5. The average molecular weight is 375 g/mol. The Morgan fingerprint density at radius 3 is 3.04 bits per heavy atom. The molecule has 2 aliphatic heterocycles. The first-order valence-corrected chi connectivity index (χ1v) is 9.79. The lowest BCUT2D eigenvalue weighted by atomic mass is 9.94. The lowest BCUT2D eigenvalue weighted by molar-refractivity contribution is -0.125. The third-order valence-corrected chi connectivity index (χ3v) is 5.84. The molecule has 1 aromatic heterocycles. The van der Waals surface area contributed by atoms with E-state index in [4.69, 9.17) is 0 Å². The van der Waals surface area contributed by atoms with E-state index in [0.717, 1.165) is 29.5 Å². The van der Waals surface area contributed by atoms with Crippen molar-refractivity contribution in [3.63, 3.8) is 0 Å². The number of rotatable bonds is 5. The van der Waals surface area contributed by atoms with Gasteiger partial charge in [-0.05, 0) is 30.5 Å². The zero-order chi connectivity index (χ0) is 17.9. The van der Waals surface area contributed by atoms with Crippen molar-refractivity contribution in [2.24, 2.45) is 5.92 Å². The fourth-order valence-corrected chi connectivity index (χ4v) is 4.38. The number of hydrogen-bond donors (Lipinski definition) is 3. The van der Waals surface area contributed by atoms with Crippen molar-refractivity contribution in [3.8, 4) is 0 Å². The molecule has 0 spiro atoms. The number of aromatic nitrogens is 1. The van der Waals surface area contributed by atoms with Crippen LogP contribution < -0.4 is 21.1 Å². The molecule has 2 fully saturated rings. The van der Waals surface area contributed by atoms with E-state index in [9.17, 15) is 9.18 Å². The molecular weight excluding hydrogens is 353 g/mol. The Hall–Kier alpha value is -2.03. The second-order valence-corrected chi connectivity index (χ2v) is 7.53. The lowest BCUT2D eigenvalue weighted by Gasteiger charge is -2.18. The van der Waals surface area contributed by atoms with E-state index in [1.165, 1.54) is 25.0 Å². The van der Waals surface area contributed by atoms with Crippen LogP contribution in [-0.4, -0.2) is 30.5 Å². The van der Waals surface area contributed by atoms with E-state index in [1.54, 1.807) is 17.4 Å². The molecule has 1 amide bonds. The monoisotopic (exact) mass is 375 g/mol. The van der Waals surface area contributed by atoms with Crippen LogP contribution in [0.5, 0.6) is 0 Å². The molecule has 138 valence electrons. The van der Waals surface area contributed by atoms with Gasteiger partial charge < -0.3 is 10.2 Å². The van der Waals surface area contributed by atoms with E-state index in [1.807, 2.05) is 11.4 Å². The van der Waals surface area contributed by atoms with Gasteiger partial charge in [-0.1, -0.05) is 12.1 Å². The molecule has 0 aliphatic carbocycles. The molecule has 2 aliphatic rings. The van der Waals surface area contributed by atoms with E-state index in [-0.39, 0.29) is 23.7 Å². The number of benzene rings is 1. The van der Waals surface area contributed by atoms with Gasteiger partial charge in [0.15, 0.2) is 5.13 Å². The molecule has 1 aromatic carbocycles. The molecule has 2 atom stereocenters. The number of carbonyl (C=O) groups excluding carboxylic acids is 1. The molecule has 0 bridgehead atoms. The fourth-order valence-electron chi connectivity index (χ4n) is 3.50. The first-order chi connectivity index (χ1) is 12.7. The second kappa shape index (κ2) is 7.69. The van der Waals surface area contributed by atoms with Gasteiger partial charge >= 0.3 is 0 Å². The number of thiazole rings is 1. The summed E-state index contributed by atoms with van der Waals surface area (Å²) in [5, 5.41) is 6.01. The summed E-state index contributed by atoms with van der Waals surface area (Å²) in [6, 6.07) is 6.11. The zero-order valence-corrected chi connectivity index (χ0v) is 15.2. The van der Waals surface area contributed by atoms with Crippen LogP contribution in [0.4, 0.5) is 9.52 Å². The van der Waals surface area contributed by atoms with Crippen LogP contribution in [0.1, 0.15) is 30.1 Å². The number of halogens is 1. The third-order valence-electron chi connectivity index (χ3n) is 4.89. The average Bonchev–Trinajstić information content (AvgIpc) is 3.40. The van der Waals surface area contributed by atoms with Gasteiger partial charge in [-0.15, -0.1) is 11.3 Å². The van der Waals surface area contributed by atoms with E-state index < -0.39 is 0 Å². The van der Waals surface area contributed by atoms with Crippen LogP contribution in [0, 0.1) is 11.7 Å². The minimum absolute atomic E-state index is 0.0625. The summed E-state index contributed by atoms with van der Waals surface area (Å²) in [5.41, 5.74) is 7.72. The van der Waals surface area contributed by atoms with Gasteiger partial charge in [-0.2, -0.15) is 0 Å². The SMILES string of the molecule is O=C(NCc1csc(N2CCCC2)n1)C1CNNC1c1cccc(F)c1. The molecule has 3 N–H and O–H groups in total. The van der Waals surface area contributed by atoms with Gasteiger partial charge in [-0.3, -0.25) is 10.2 Å². The van der Waals surface area contributed by atoms with Crippen LogP contribution in [0.25, 0.3) is 0 Å². The van der Waals surface area contributed by atoms with Crippen molar-refractivity contribution >= 4 is 22.4 Å². The summed E-state index contributed by atoms with van der Waals surface area (Å²) < 4.78 is 13.5.